The number of likely N-dealkylation sites (N-methyl/N-ethyl adjacent to an activating group) is 1. The summed E-state index contributed by atoms with van der Waals surface area (Å²) in [5.41, 5.74) is 0. The van der Waals surface area contributed by atoms with Crippen molar-refractivity contribution in [3.63, 3.8) is 0 Å². The third-order valence-electron chi connectivity index (χ3n) is 2.69. The van der Waals surface area contributed by atoms with Gasteiger partial charge in [-0.3, -0.25) is 0 Å². The van der Waals surface area contributed by atoms with E-state index in [2.05, 4.69) is 5.32 Å². The van der Waals surface area contributed by atoms with Crippen molar-refractivity contribution < 1.29 is 14.7 Å². The minimum absolute atomic E-state index is 0.301. The zero-order chi connectivity index (χ0) is 15.0. The predicted molar refractivity (Wildman–Crippen MR) is 75.2 cm³/mol. The van der Waals surface area contributed by atoms with Crippen LogP contribution in [0.2, 0.25) is 0 Å². The molecule has 112 valence electrons. The molecule has 0 saturated heterocycles. The van der Waals surface area contributed by atoms with E-state index in [1.165, 1.54) is 0 Å². The summed E-state index contributed by atoms with van der Waals surface area (Å²) in [6, 6.07) is -1.12. The number of nitrogens with one attached hydrogen (secondary N) is 1. The lowest BCUT2D eigenvalue weighted by Gasteiger charge is -2.27. The Balaban J connectivity index is 4.55. The molecule has 0 saturated carbocycles. The van der Waals surface area contributed by atoms with Crippen molar-refractivity contribution in [1.82, 2.24) is 15.1 Å². The quantitative estimate of drug-likeness (QED) is 0.694. The predicted octanol–water partition coefficient (Wildman–Crippen LogP) is 1.08. The molecule has 2 N–H and O–H groups in total. The highest BCUT2D eigenvalue weighted by atomic mass is 16.4. The second kappa shape index (κ2) is 8.74. The Labute approximate surface area is 115 Å². The molecule has 0 aromatic carbocycles. The number of amides is 2. The van der Waals surface area contributed by atoms with Gasteiger partial charge in [-0.2, -0.15) is 0 Å². The fraction of sp³-hybridized carbons (Fsp3) is 0.846. The zero-order valence-electron chi connectivity index (χ0n) is 12.6. The number of carboxylic acid groups (broad SMARTS) is 1. The minimum atomic E-state index is -0.993. The number of carbonyl (C=O) groups excluding carboxylic acids is 1. The summed E-state index contributed by atoms with van der Waals surface area (Å²) in [6.45, 7) is 7.77. The van der Waals surface area contributed by atoms with Crippen molar-refractivity contribution in [2.45, 2.75) is 33.2 Å². The molecular weight excluding hydrogens is 246 g/mol. The lowest BCUT2D eigenvalue weighted by Crippen LogP contribution is -2.50. The summed E-state index contributed by atoms with van der Waals surface area (Å²) in [5, 5.41) is 11.5. The van der Waals surface area contributed by atoms with E-state index in [1.54, 1.807) is 11.8 Å². The molecule has 2 amide bonds. The molecule has 0 aromatic heterocycles. The molecule has 0 unspecified atom stereocenters. The van der Waals surface area contributed by atoms with E-state index < -0.39 is 12.0 Å². The summed E-state index contributed by atoms with van der Waals surface area (Å²) in [6.07, 6.45) is 0.379. The van der Waals surface area contributed by atoms with Crippen molar-refractivity contribution in [2.75, 3.05) is 33.7 Å². The van der Waals surface area contributed by atoms with Crippen molar-refractivity contribution >= 4 is 12.0 Å². The Kier molecular flexibility index (Phi) is 8.14. The molecule has 0 radical (unpaired) electrons. The normalized spacial score (nSPS) is 12.6. The first-order valence-corrected chi connectivity index (χ1v) is 6.70. The van der Waals surface area contributed by atoms with Crippen LogP contribution in [0.5, 0.6) is 0 Å². The Hall–Kier alpha value is -1.30. The van der Waals surface area contributed by atoms with E-state index in [9.17, 15) is 9.59 Å². The zero-order valence-corrected chi connectivity index (χ0v) is 12.6. The molecule has 0 rings (SSSR count). The van der Waals surface area contributed by atoms with Crippen molar-refractivity contribution in [3.05, 3.63) is 0 Å². The molecule has 1 atom stereocenters. The molecule has 0 aliphatic rings. The van der Waals surface area contributed by atoms with E-state index >= 15 is 0 Å². The van der Waals surface area contributed by atoms with Crippen LogP contribution in [0.15, 0.2) is 0 Å². The molecule has 0 fully saturated rings. The van der Waals surface area contributed by atoms with Gasteiger partial charge in [0.25, 0.3) is 0 Å². The highest BCUT2D eigenvalue weighted by Gasteiger charge is 2.21. The van der Waals surface area contributed by atoms with Gasteiger partial charge < -0.3 is 20.2 Å². The first-order chi connectivity index (χ1) is 8.77. The van der Waals surface area contributed by atoms with Crippen molar-refractivity contribution in [2.24, 2.45) is 5.92 Å². The Morgan fingerprint density at radius 3 is 2.16 bits per heavy atom. The van der Waals surface area contributed by atoms with Gasteiger partial charge in [0, 0.05) is 19.6 Å². The van der Waals surface area contributed by atoms with Crippen LogP contribution in [-0.4, -0.2) is 66.7 Å². The molecule has 0 aliphatic heterocycles. The standard InChI is InChI=1S/C13H27N3O3/c1-6-11(12(17)18)14-13(19)16(9-10(2)3)8-7-15(4)5/h10-11H,6-9H2,1-5H3,(H,14,19)(H,17,18)/t11-/m0/s1. The summed E-state index contributed by atoms with van der Waals surface area (Å²) in [7, 11) is 3.88. The smallest absolute Gasteiger partial charge is 0.326 e. The van der Waals surface area contributed by atoms with Crippen LogP contribution in [0, 0.1) is 5.92 Å². The third kappa shape index (κ3) is 7.66. The SMILES string of the molecule is CC[C@H](NC(=O)N(CCN(C)C)CC(C)C)C(=O)O. The van der Waals surface area contributed by atoms with Gasteiger partial charge >= 0.3 is 12.0 Å². The topological polar surface area (TPSA) is 72.9 Å². The van der Waals surface area contributed by atoms with Gasteiger partial charge in [-0.1, -0.05) is 20.8 Å². The number of aliphatic carboxylic acids is 1. The molecule has 0 aromatic rings. The fourth-order valence-electron chi connectivity index (χ4n) is 1.62. The molecular formula is C13H27N3O3. The first-order valence-electron chi connectivity index (χ1n) is 6.70. The second-order valence-electron chi connectivity index (χ2n) is 5.39. The van der Waals surface area contributed by atoms with E-state index in [0.29, 0.717) is 25.4 Å². The van der Waals surface area contributed by atoms with Gasteiger partial charge in [0.1, 0.15) is 6.04 Å². The van der Waals surface area contributed by atoms with Crippen LogP contribution in [0.1, 0.15) is 27.2 Å². The number of urea groups is 1. The van der Waals surface area contributed by atoms with Crippen LogP contribution >= 0.6 is 0 Å². The molecule has 6 heteroatoms. The van der Waals surface area contributed by atoms with Gasteiger partial charge in [-0.05, 0) is 26.4 Å². The largest absolute Gasteiger partial charge is 0.480 e. The Morgan fingerprint density at radius 1 is 1.21 bits per heavy atom. The molecule has 0 heterocycles. The number of rotatable bonds is 8. The van der Waals surface area contributed by atoms with Crippen LogP contribution < -0.4 is 5.32 Å². The van der Waals surface area contributed by atoms with E-state index in [0.717, 1.165) is 6.54 Å². The average molecular weight is 273 g/mol. The second-order valence-corrected chi connectivity index (χ2v) is 5.39. The highest BCUT2D eigenvalue weighted by Crippen LogP contribution is 2.01. The molecule has 0 aliphatic carbocycles. The fourth-order valence-corrected chi connectivity index (χ4v) is 1.62. The van der Waals surface area contributed by atoms with Gasteiger partial charge in [-0.25, -0.2) is 9.59 Å². The maximum absolute atomic E-state index is 12.1. The number of carbonyl (C=O) groups is 2. The van der Waals surface area contributed by atoms with Gasteiger partial charge in [0.05, 0.1) is 0 Å². The Bertz CT molecular complexity index is 293. The van der Waals surface area contributed by atoms with Crippen molar-refractivity contribution in [3.8, 4) is 0 Å². The number of hydrogen-bond acceptors (Lipinski definition) is 3. The first kappa shape index (κ1) is 17.7. The van der Waals surface area contributed by atoms with Crippen LogP contribution in [0.25, 0.3) is 0 Å². The highest BCUT2D eigenvalue weighted by molar-refractivity contribution is 5.82. The van der Waals surface area contributed by atoms with E-state index in [-0.39, 0.29) is 6.03 Å². The van der Waals surface area contributed by atoms with Gasteiger partial charge in [0.15, 0.2) is 0 Å². The number of hydrogen-bond donors (Lipinski definition) is 2. The average Bonchev–Trinajstić information content (AvgIpc) is 2.29. The minimum Gasteiger partial charge on any atom is -0.480 e. The number of nitrogens with zero attached hydrogens (tertiary/aromatic N) is 2. The van der Waals surface area contributed by atoms with E-state index in [4.69, 9.17) is 5.11 Å². The monoisotopic (exact) mass is 273 g/mol. The van der Waals surface area contributed by atoms with Crippen LogP contribution in [0.3, 0.4) is 0 Å². The van der Waals surface area contributed by atoms with Crippen molar-refractivity contribution in [1.29, 1.82) is 0 Å². The summed E-state index contributed by atoms with van der Waals surface area (Å²) < 4.78 is 0. The van der Waals surface area contributed by atoms with Crippen LogP contribution in [0.4, 0.5) is 4.79 Å². The number of carboxylic acids is 1. The Morgan fingerprint density at radius 2 is 1.79 bits per heavy atom. The van der Waals surface area contributed by atoms with Gasteiger partial charge in [0.2, 0.25) is 0 Å². The maximum atomic E-state index is 12.1. The third-order valence-corrected chi connectivity index (χ3v) is 2.69. The summed E-state index contributed by atoms with van der Waals surface area (Å²) in [4.78, 5) is 26.7. The lowest BCUT2D eigenvalue weighted by atomic mass is 10.2. The summed E-state index contributed by atoms with van der Waals surface area (Å²) in [5.74, 6) is -0.647. The molecule has 0 spiro atoms. The molecule has 19 heavy (non-hydrogen) atoms. The van der Waals surface area contributed by atoms with Crippen LogP contribution in [-0.2, 0) is 4.79 Å². The lowest BCUT2D eigenvalue weighted by molar-refractivity contribution is -0.139. The van der Waals surface area contributed by atoms with E-state index in [1.807, 2.05) is 32.8 Å². The molecule has 0 bridgehead atoms. The van der Waals surface area contributed by atoms with Gasteiger partial charge in [-0.15, -0.1) is 0 Å². The molecule has 6 nitrogen and oxygen atoms in total. The summed E-state index contributed by atoms with van der Waals surface area (Å²) >= 11 is 0. The maximum Gasteiger partial charge on any atom is 0.326 e.